The highest BCUT2D eigenvalue weighted by Crippen LogP contribution is 2.30. The highest BCUT2D eigenvalue weighted by Gasteiger charge is 2.22. The van der Waals surface area contributed by atoms with Gasteiger partial charge in [0, 0.05) is 43.4 Å². The summed E-state index contributed by atoms with van der Waals surface area (Å²) in [5.41, 5.74) is 2.87. The first-order chi connectivity index (χ1) is 12.5. The van der Waals surface area contributed by atoms with E-state index in [1.807, 2.05) is 37.3 Å². The molecule has 5 nitrogen and oxygen atoms in total. The van der Waals surface area contributed by atoms with Crippen molar-refractivity contribution in [2.24, 2.45) is 0 Å². The quantitative estimate of drug-likeness (QED) is 0.620. The van der Waals surface area contributed by atoms with Gasteiger partial charge in [0.2, 0.25) is 0 Å². The Labute approximate surface area is 178 Å². The van der Waals surface area contributed by atoms with Gasteiger partial charge in [0.15, 0.2) is 0 Å². The van der Waals surface area contributed by atoms with Crippen molar-refractivity contribution in [3.63, 3.8) is 0 Å². The fraction of sp³-hybridized carbons (Fsp3) is 0.300. The van der Waals surface area contributed by atoms with E-state index in [0.29, 0.717) is 4.90 Å². The largest absolute Gasteiger partial charge is 0.368 e. The predicted octanol–water partition coefficient (Wildman–Crippen LogP) is 3.78. The number of fused-ring (bicyclic) bond motifs is 1. The lowest BCUT2D eigenvalue weighted by atomic mass is 10.2. The molecule has 1 aliphatic rings. The average molecular weight is 442 g/mol. The van der Waals surface area contributed by atoms with Crippen LogP contribution in [0.1, 0.15) is 5.56 Å². The number of aromatic nitrogens is 1. The topological polar surface area (TPSA) is 45.6 Å². The smallest absolute Gasteiger partial charge is 0.268 e. The molecule has 0 bridgehead atoms. The van der Waals surface area contributed by atoms with E-state index in [9.17, 15) is 8.42 Å². The SMILES string of the molecule is Cc1ccc(S(=O)(=O)n2ccc3c(N4CCN(C)CC4)cccc32)cc1.Cl.Cl. The van der Waals surface area contributed by atoms with E-state index in [2.05, 4.69) is 22.9 Å². The summed E-state index contributed by atoms with van der Waals surface area (Å²) in [6.07, 6.45) is 1.67. The van der Waals surface area contributed by atoms with Gasteiger partial charge in [-0.05, 0) is 44.3 Å². The molecule has 2 heterocycles. The third kappa shape index (κ3) is 4.01. The standard InChI is InChI=1S/C20H23N3O2S.2ClH/c1-16-6-8-17(9-7-16)26(24,25)23-11-10-18-19(4-3-5-20(18)23)22-14-12-21(2)13-15-22;;/h3-11H,12-15H2,1-2H3;2*1H. The van der Waals surface area contributed by atoms with E-state index in [4.69, 9.17) is 0 Å². The lowest BCUT2D eigenvalue weighted by molar-refractivity contribution is 0.313. The van der Waals surface area contributed by atoms with Crippen molar-refractivity contribution >= 4 is 51.4 Å². The molecule has 1 saturated heterocycles. The van der Waals surface area contributed by atoms with E-state index >= 15 is 0 Å². The number of aryl methyl sites for hydroxylation is 1. The third-order valence-electron chi connectivity index (χ3n) is 5.10. The van der Waals surface area contributed by atoms with Crippen LogP contribution in [-0.4, -0.2) is 50.5 Å². The average Bonchev–Trinajstić information content (AvgIpc) is 3.08. The van der Waals surface area contributed by atoms with Gasteiger partial charge in [0.05, 0.1) is 10.4 Å². The molecule has 152 valence electrons. The van der Waals surface area contributed by atoms with Gasteiger partial charge >= 0.3 is 0 Å². The molecule has 0 saturated carbocycles. The Morgan fingerprint density at radius 3 is 2.14 bits per heavy atom. The molecular formula is C20H25Cl2N3O2S. The van der Waals surface area contributed by atoms with Crippen molar-refractivity contribution in [1.82, 2.24) is 8.87 Å². The molecule has 0 spiro atoms. The minimum absolute atomic E-state index is 0. The number of hydrogen-bond acceptors (Lipinski definition) is 4. The molecule has 1 aromatic heterocycles. The maximum atomic E-state index is 13.1. The molecule has 0 radical (unpaired) electrons. The van der Waals surface area contributed by atoms with Crippen molar-refractivity contribution in [3.8, 4) is 0 Å². The highest BCUT2D eigenvalue weighted by atomic mass is 35.5. The van der Waals surface area contributed by atoms with Crippen molar-refractivity contribution in [3.05, 3.63) is 60.3 Å². The van der Waals surface area contributed by atoms with Crippen LogP contribution in [-0.2, 0) is 10.0 Å². The van der Waals surface area contributed by atoms with Crippen molar-refractivity contribution in [1.29, 1.82) is 0 Å². The molecule has 0 atom stereocenters. The summed E-state index contributed by atoms with van der Waals surface area (Å²) in [6, 6.07) is 14.8. The van der Waals surface area contributed by atoms with Gasteiger partial charge in [-0.2, -0.15) is 0 Å². The molecular weight excluding hydrogens is 417 g/mol. The predicted molar refractivity (Wildman–Crippen MR) is 120 cm³/mol. The molecule has 0 unspecified atom stereocenters. The van der Waals surface area contributed by atoms with Crippen molar-refractivity contribution < 1.29 is 8.42 Å². The molecule has 0 amide bonds. The Morgan fingerprint density at radius 2 is 1.50 bits per heavy atom. The monoisotopic (exact) mass is 441 g/mol. The van der Waals surface area contributed by atoms with Crippen LogP contribution in [0.3, 0.4) is 0 Å². The number of likely N-dealkylation sites (N-methyl/N-ethyl adjacent to an activating group) is 1. The number of rotatable bonds is 3. The van der Waals surface area contributed by atoms with E-state index in [-0.39, 0.29) is 24.8 Å². The molecule has 1 aliphatic heterocycles. The van der Waals surface area contributed by atoms with E-state index in [1.54, 1.807) is 18.3 Å². The van der Waals surface area contributed by atoms with Crippen LogP contribution in [0.5, 0.6) is 0 Å². The summed E-state index contributed by atoms with van der Waals surface area (Å²) in [5.74, 6) is 0. The zero-order valence-electron chi connectivity index (χ0n) is 15.9. The lowest BCUT2D eigenvalue weighted by Crippen LogP contribution is -2.44. The Morgan fingerprint density at radius 1 is 0.857 bits per heavy atom. The van der Waals surface area contributed by atoms with Gasteiger partial charge < -0.3 is 9.80 Å². The van der Waals surface area contributed by atoms with Gasteiger partial charge in [0.1, 0.15) is 0 Å². The van der Waals surface area contributed by atoms with Crippen LogP contribution in [0.15, 0.2) is 59.6 Å². The minimum Gasteiger partial charge on any atom is -0.368 e. The van der Waals surface area contributed by atoms with Crippen LogP contribution in [0.25, 0.3) is 10.9 Å². The number of anilines is 1. The molecule has 0 aliphatic carbocycles. The van der Waals surface area contributed by atoms with E-state index in [0.717, 1.165) is 48.3 Å². The molecule has 1 fully saturated rings. The highest BCUT2D eigenvalue weighted by molar-refractivity contribution is 7.90. The second-order valence-electron chi connectivity index (χ2n) is 6.93. The number of hydrogen-bond donors (Lipinski definition) is 0. The van der Waals surface area contributed by atoms with Crippen LogP contribution < -0.4 is 4.90 Å². The summed E-state index contributed by atoms with van der Waals surface area (Å²) in [4.78, 5) is 4.96. The van der Waals surface area contributed by atoms with Crippen LogP contribution in [0.4, 0.5) is 5.69 Å². The maximum absolute atomic E-state index is 13.1. The summed E-state index contributed by atoms with van der Waals surface area (Å²) in [7, 11) is -1.48. The summed E-state index contributed by atoms with van der Waals surface area (Å²) in [6.45, 7) is 5.87. The maximum Gasteiger partial charge on any atom is 0.268 e. The fourth-order valence-corrected chi connectivity index (χ4v) is 4.83. The molecule has 2 aromatic carbocycles. The fourth-order valence-electron chi connectivity index (χ4n) is 3.48. The zero-order valence-corrected chi connectivity index (χ0v) is 18.4. The lowest BCUT2D eigenvalue weighted by Gasteiger charge is -2.34. The molecule has 4 rings (SSSR count). The Hall–Kier alpha value is -1.73. The molecule has 8 heteroatoms. The van der Waals surface area contributed by atoms with Crippen molar-refractivity contribution in [2.45, 2.75) is 11.8 Å². The normalized spacial score (nSPS) is 15.1. The van der Waals surface area contributed by atoms with Crippen LogP contribution >= 0.6 is 24.8 Å². The Kier molecular flexibility index (Phi) is 7.04. The number of benzene rings is 2. The number of nitrogens with zero attached hydrogens (tertiary/aromatic N) is 3. The Bertz CT molecular complexity index is 1040. The first-order valence-electron chi connectivity index (χ1n) is 8.82. The van der Waals surface area contributed by atoms with Gasteiger partial charge in [0.25, 0.3) is 10.0 Å². The van der Waals surface area contributed by atoms with Gasteiger partial charge in [-0.25, -0.2) is 12.4 Å². The summed E-state index contributed by atoms with van der Waals surface area (Å²) in [5, 5.41) is 0.979. The number of halogens is 2. The van der Waals surface area contributed by atoms with E-state index in [1.165, 1.54) is 3.97 Å². The van der Waals surface area contributed by atoms with E-state index < -0.39 is 10.0 Å². The minimum atomic E-state index is -3.61. The first kappa shape index (κ1) is 22.6. The van der Waals surface area contributed by atoms with Gasteiger partial charge in [-0.3, -0.25) is 0 Å². The van der Waals surface area contributed by atoms with Crippen LogP contribution in [0, 0.1) is 6.92 Å². The molecule has 0 N–H and O–H groups in total. The third-order valence-corrected chi connectivity index (χ3v) is 6.80. The van der Waals surface area contributed by atoms with Crippen LogP contribution in [0.2, 0.25) is 0 Å². The second-order valence-corrected chi connectivity index (χ2v) is 8.74. The van der Waals surface area contributed by atoms with Gasteiger partial charge in [-0.15, -0.1) is 24.8 Å². The first-order valence-corrected chi connectivity index (χ1v) is 10.3. The van der Waals surface area contributed by atoms with Gasteiger partial charge in [-0.1, -0.05) is 23.8 Å². The summed E-state index contributed by atoms with van der Waals surface area (Å²) >= 11 is 0. The molecule has 28 heavy (non-hydrogen) atoms. The number of piperazine rings is 1. The second kappa shape index (κ2) is 8.74. The zero-order chi connectivity index (χ0) is 18.3. The molecule has 3 aromatic rings. The Balaban J connectivity index is 0.00000140. The summed E-state index contributed by atoms with van der Waals surface area (Å²) < 4.78 is 27.6. The van der Waals surface area contributed by atoms with Crippen molar-refractivity contribution in [2.75, 3.05) is 38.1 Å².